The zero-order valence-corrected chi connectivity index (χ0v) is 9.95. The third kappa shape index (κ3) is 2.93. The fourth-order valence-electron chi connectivity index (χ4n) is 1.68. The molecule has 0 bridgehead atoms. The molecule has 0 aromatic carbocycles. The Morgan fingerprint density at radius 3 is 2.57 bits per heavy atom. The predicted molar refractivity (Wildman–Crippen MR) is 57.7 cm³/mol. The first-order valence-corrected chi connectivity index (χ1v) is 6.73. The van der Waals surface area contributed by atoms with Gasteiger partial charge in [-0.1, -0.05) is 20.8 Å². The van der Waals surface area contributed by atoms with Crippen LogP contribution < -0.4 is 10.0 Å². The van der Waals surface area contributed by atoms with E-state index in [4.69, 9.17) is 0 Å². The molecule has 0 saturated carbocycles. The van der Waals surface area contributed by atoms with E-state index in [0.29, 0.717) is 6.42 Å². The second-order valence-corrected chi connectivity index (χ2v) is 6.48. The minimum absolute atomic E-state index is 0.0147. The van der Waals surface area contributed by atoms with Gasteiger partial charge < -0.3 is 5.32 Å². The van der Waals surface area contributed by atoms with E-state index in [1.165, 1.54) is 0 Å². The van der Waals surface area contributed by atoms with Gasteiger partial charge in [-0.05, 0) is 11.8 Å². The van der Waals surface area contributed by atoms with Crippen LogP contribution in [0.15, 0.2) is 0 Å². The third-order valence-corrected chi connectivity index (χ3v) is 4.26. The molecule has 0 amide bonds. The highest BCUT2D eigenvalue weighted by atomic mass is 32.2. The molecule has 1 unspecified atom stereocenters. The van der Waals surface area contributed by atoms with E-state index in [9.17, 15) is 8.42 Å². The van der Waals surface area contributed by atoms with Crippen molar-refractivity contribution in [3.05, 3.63) is 0 Å². The first-order valence-electron chi connectivity index (χ1n) is 5.08. The molecule has 1 saturated heterocycles. The molecule has 2 N–H and O–H groups in total. The van der Waals surface area contributed by atoms with Crippen molar-refractivity contribution in [3.63, 3.8) is 0 Å². The number of hydrogen-bond acceptors (Lipinski definition) is 3. The van der Waals surface area contributed by atoms with Crippen LogP contribution in [0.5, 0.6) is 0 Å². The number of rotatable bonds is 4. The van der Waals surface area contributed by atoms with Crippen LogP contribution >= 0.6 is 0 Å². The summed E-state index contributed by atoms with van der Waals surface area (Å²) in [6.45, 7) is 7.62. The summed E-state index contributed by atoms with van der Waals surface area (Å²) in [6.07, 6.45) is 0.663. The average molecular weight is 220 g/mol. The fraction of sp³-hybridized carbons (Fsp3) is 1.00. The number of nitrogens with one attached hydrogen (secondary N) is 2. The van der Waals surface area contributed by atoms with Crippen LogP contribution in [-0.2, 0) is 10.0 Å². The molecule has 0 radical (unpaired) electrons. The van der Waals surface area contributed by atoms with Crippen molar-refractivity contribution in [2.24, 2.45) is 5.41 Å². The van der Waals surface area contributed by atoms with Crippen LogP contribution in [0.2, 0.25) is 0 Å². The molecule has 0 aliphatic carbocycles. The lowest BCUT2D eigenvalue weighted by atomic mass is 9.89. The monoisotopic (exact) mass is 220 g/mol. The molecule has 1 rings (SSSR count). The van der Waals surface area contributed by atoms with Gasteiger partial charge in [-0.15, -0.1) is 0 Å². The van der Waals surface area contributed by atoms with Crippen molar-refractivity contribution in [2.45, 2.75) is 33.2 Å². The fourth-order valence-corrected chi connectivity index (χ4v) is 3.17. The van der Waals surface area contributed by atoms with Gasteiger partial charge in [0.2, 0.25) is 10.0 Å². The van der Waals surface area contributed by atoms with Gasteiger partial charge >= 0.3 is 0 Å². The van der Waals surface area contributed by atoms with Crippen molar-refractivity contribution in [1.29, 1.82) is 0 Å². The first-order chi connectivity index (χ1) is 6.37. The SMILES string of the molecule is CCCS(=O)(=O)NC1CNCC1(C)C. The van der Waals surface area contributed by atoms with Crippen LogP contribution in [0.25, 0.3) is 0 Å². The second-order valence-electron chi connectivity index (χ2n) is 4.61. The standard InChI is InChI=1S/C9H20N2O2S/c1-4-5-14(12,13)11-8-6-10-7-9(8,2)3/h8,10-11H,4-7H2,1-3H3. The highest BCUT2D eigenvalue weighted by Gasteiger charge is 2.36. The van der Waals surface area contributed by atoms with Crippen LogP contribution in [0.3, 0.4) is 0 Å². The lowest BCUT2D eigenvalue weighted by Gasteiger charge is -2.26. The molecule has 4 nitrogen and oxygen atoms in total. The molecule has 1 atom stereocenters. The minimum Gasteiger partial charge on any atom is -0.315 e. The van der Waals surface area contributed by atoms with Gasteiger partial charge in [-0.3, -0.25) is 0 Å². The zero-order chi connectivity index (χ0) is 10.8. The summed E-state index contributed by atoms with van der Waals surface area (Å²) in [4.78, 5) is 0. The van der Waals surface area contributed by atoms with E-state index >= 15 is 0 Å². The van der Waals surface area contributed by atoms with Gasteiger partial charge in [-0.25, -0.2) is 13.1 Å². The van der Waals surface area contributed by atoms with Crippen LogP contribution in [0, 0.1) is 5.41 Å². The van der Waals surface area contributed by atoms with Crippen molar-refractivity contribution < 1.29 is 8.42 Å². The van der Waals surface area contributed by atoms with Gasteiger partial charge in [0.25, 0.3) is 0 Å². The first kappa shape index (κ1) is 11.9. The van der Waals surface area contributed by atoms with E-state index in [-0.39, 0.29) is 17.2 Å². The summed E-state index contributed by atoms with van der Waals surface area (Å²) in [5.41, 5.74) is 0.0147. The Morgan fingerprint density at radius 1 is 1.50 bits per heavy atom. The normalized spacial score (nSPS) is 26.6. The smallest absolute Gasteiger partial charge is 0.211 e. The molecule has 0 aromatic heterocycles. The summed E-state index contributed by atoms with van der Waals surface area (Å²) < 4.78 is 25.8. The van der Waals surface area contributed by atoms with Crippen LogP contribution in [0.1, 0.15) is 27.2 Å². The summed E-state index contributed by atoms with van der Waals surface area (Å²) in [5, 5.41) is 3.20. The minimum atomic E-state index is -3.08. The van der Waals surface area contributed by atoms with E-state index in [1.54, 1.807) is 0 Å². The van der Waals surface area contributed by atoms with Gasteiger partial charge in [0, 0.05) is 19.1 Å². The Morgan fingerprint density at radius 2 is 2.14 bits per heavy atom. The average Bonchev–Trinajstić information content (AvgIpc) is 2.29. The van der Waals surface area contributed by atoms with Crippen molar-refractivity contribution >= 4 is 10.0 Å². The predicted octanol–water partition coefficient (Wildman–Crippen LogP) is 0.314. The highest BCUT2D eigenvalue weighted by molar-refractivity contribution is 7.89. The van der Waals surface area contributed by atoms with E-state index in [0.717, 1.165) is 13.1 Å². The van der Waals surface area contributed by atoms with Gasteiger partial charge in [-0.2, -0.15) is 0 Å². The Kier molecular flexibility index (Phi) is 3.55. The number of hydrogen-bond donors (Lipinski definition) is 2. The molecule has 1 fully saturated rings. The lowest BCUT2D eigenvalue weighted by Crippen LogP contribution is -2.45. The summed E-state index contributed by atoms with van der Waals surface area (Å²) in [6, 6.07) is 0.0269. The maximum atomic E-state index is 11.5. The van der Waals surface area contributed by atoms with Crippen molar-refractivity contribution in [1.82, 2.24) is 10.0 Å². The molecule has 14 heavy (non-hydrogen) atoms. The Labute approximate surface area is 86.5 Å². The molecule has 1 aliphatic heterocycles. The zero-order valence-electron chi connectivity index (χ0n) is 9.13. The maximum absolute atomic E-state index is 11.5. The molecular formula is C9H20N2O2S. The molecule has 5 heteroatoms. The van der Waals surface area contributed by atoms with Crippen LogP contribution in [-0.4, -0.2) is 33.3 Å². The summed E-state index contributed by atoms with van der Waals surface area (Å²) in [7, 11) is -3.08. The Bertz CT molecular complexity index is 285. The maximum Gasteiger partial charge on any atom is 0.211 e. The molecule has 1 aliphatic rings. The second kappa shape index (κ2) is 4.16. The number of sulfonamides is 1. The third-order valence-electron chi connectivity index (χ3n) is 2.67. The van der Waals surface area contributed by atoms with Gasteiger partial charge in [0.15, 0.2) is 0 Å². The van der Waals surface area contributed by atoms with Crippen LogP contribution in [0.4, 0.5) is 0 Å². The molecule has 84 valence electrons. The topological polar surface area (TPSA) is 58.2 Å². The largest absolute Gasteiger partial charge is 0.315 e. The van der Waals surface area contributed by atoms with Crippen molar-refractivity contribution in [2.75, 3.05) is 18.8 Å². The highest BCUT2D eigenvalue weighted by Crippen LogP contribution is 2.24. The Balaban J connectivity index is 2.60. The molecular weight excluding hydrogens is 200 g/mol. The van der Waals surface area contributed by atoms with E-state index in [1.807, 2.05) is 6.92 Å². The van der Waals surface area contributed by atoms with E-state index < -0.39 is 10.0 Å². The Hall–Kier alpha value is -0.130. The van der Waals surface area contributed by atoms with E-state index in [2.05, 4.69) is 23.9 Å². The molecule has 1 heterocycles. The summed E-state index contributed by atoms with van der Waals surface area (Å²) >= 11 is 0. The lowest BCUT2D eigenvalue weighted by molar-refractivity contribution is 0.341. The molecule has 0 spiro atoms. The molecule has 0 aromatic rings. The van der Waals surface area contributed by atoms with Crippen molar-refractivity contribution in [3.8, 4) is 0 Å². The quantitative estimate of drug-likeness (QED) is 0.717. The van der Waals surface area contributed by atoms with Gasteiger partial charge in [0.1, 0.15) is 0 Å². The van der Waals surface area contributed by atoms with Gasteiger partial charge in [0.05, 0.1) is 5.75 Å². The summed E-state index contributed by atoms with van der Waals surface area (Å²) in [5.74, 6) is 0.222.